The minimum Gasteiger partial charge on any atom is -0.461 e. The molecule has 0 aliphatic rings. The quantitative estimate of drug-likeness (QED) is 0.697. The number of alkyl halides is 2. The summed E-state index contributed by atoms with van der Waals surface area (Å²) in [7, 11) is 1.75. The zero-order chi connectivity index (χ0) is 15.5. The topological polar surface area (TPSA) is 73.1 Å². The first-order valence-electron chi connectivity index (χ1n) is 6.48. The minimum absolute atomic E-state index is 0.232. The molecule has 0 saturated carbocycles. The molecule has 0 N–H and O–H groups in total. The molecule has 0 radical (unpaired) electrons. The van der Waals surface area contributed by atoms with Gasteiger partial charge >= 0.3 is 6.55 Å². The molecule has 0 spiro atoms. The van der Waals surface area contributed by atoms with Crippen LogP contribution in [0, 0.1) is 0 Å². The van der Waals surface area contributed by atoms with Crippen LogP contribution in [0.25, 0.3) is 11.6 Å². The molecular weight excluding hydrogens is 296 g/mol. The van der Waals surface area contributed by atoms with Crippen LogP contribution in [-0.2, 0) is 13.1 Å². The molecule has 0 unspecified atom stereocenters. The lowest BCUT2D eigenvalue weighted by atomic mass is 10.4. The molecule has 116 valence electrons. The van der Waals surface area contributed by atoms with Crippen molar-refractivity contribution in [1.82, 2.24) is 24.6 Å². The Morgan fingerprint density at radius 2 is 2.23 bits per heavy atom. The van der Waals surface area contributed by atoms with Crippen LogP contribution in [0.1, 0.15) is 18.3 Å². The SMILES string of the molecule is CN(Cc1nc(-c2ccco2)no1)Cc1nccn1C(F)F. The highest BCUT2D eigenvalue weighted by Crippen LogP contribution is 2.17. The maximum atomic E-state index is 12.8. The van der Waals surface area contributed by atoms with Crippen LogP contribution in [0.15, 0.2) is 39.7 Å². The molecule has 0 aliphatic heterocycles. The second kappa shape index (κ2) is 6.06. The lowest BCUT2D eigenvalue weighted by molar-refractivity contribution is 0.0642. The number of aromatic nitrogens is 4. The highest BCUT2D eigenvalue weighted by atomic mass is 19.3. The van der Waals surface area contributed by atoms with Crippen LogP contribution in [0.2, 0.25) is 0 Å². The number of imidazole rings is 1. The summed E-state index contributed by atoms with van der Waals surface area (Å²) >= 11 is 0. The Morgan fingerprint density at radius 1 is 1.36 bits per heavy atom. The first kappa shape index (κ1) is 14.4. The highest BCUT2D eigenvalue weighted by molar-refractivity contribution is 5.44. The van der Waals surface area contributed by atoms with Gasteiger partial charge in [0.15, 0.2) is 5.76 Å². The van der Waals surface area contributed by atoms with Crippen molar-refractivity contribution in [3.63, 3.8) is 0 Å². The van der Waals surface area contributed by atoms with Crippen molar-refractivity contribution >= 4 is 0 Å². The molecule has 7 nitrogen and oxygen atoms in total. The van der Waals surface area contributed by atoms with E-state index in [1.165, 1.54) is 18.7 Å². The van der Waals surface area contributed by atoms with E-state index in [1.54, 1.807) is 24.1 Å². The van der Waals surface area contributed by atoms with E-state index in [9.17, 15) is 8.78 Å². The molecule has 0 saturated heterocycles. The predicted molar refractivity (Wildman–Crippen MR) is 70.7 cm³/mol. The van der Waals surface area contributed by atoms with Gasteiger partial charge in [-0.15, -0.1) is 0 Å². The van der Waals surface area contributed by atoms with Crippen LogP contribution in [0.3, 0.4) is 0 Å². The minimum atomic E-state index is -2.61. The molecule has 3 rings (SSSR count). The molecule has 3 aromatic heterocycles. The molecule has 3 heterocycles. The van der Waals surface area contributed by atoms with Crippen LogP contribution in [-0.4, -0.2) is 31.6 Å². The zero-order valence-corrected chi connectivity index (χ0v) is 11.7. The van der Waals surface area contributed by atoms with Gasteiger partial charge in [-0.25, -0.2) is 4.98 Å². The number of nitrogens with zero attached hydrogens (tertiary/aromatic N) is 5. The van der Waals surface area contributed by atoms with Crippen LogP contribution in [0.4, 0.5) is 8.78 Å². The maximum absolute atomic E-state index is 12.8. The fourth-order valence-electron chi connectivity index (χ4n) is 2.00. The van der Waals surface area contributed by atoms with Gasteiger partial charge in [0.25, 0.3) is 0 Å². The third kappa shape index (κ3) is 3.03. The fraction of sp³-hybridized carbons (Fsp3) is 0.308. The molecule has 22 heavy (non-hydrogen) atoms. The van der Waals surface area contributed by atoms with Gasteiger partial charge in [0.2, 0.25) is 11.7 Å². The van der Waals surface area contributed by atoms with Crippen molar-refractivity contribution in [1.29, 1.82) is 0 Å². The average molecular weight is 309 g/mol. The van der Waals surface area contributed by atoms with E-state index in [-0.39, 0.29) is 12.4 Å². The van der Waals surface area contributed by atoms with Gasteiger partial charge in [-0.2, -0.15) is 13.8 Å². The summed E-state index contributed by atoms with van der Waals surface area (Å²) in [6, 6.07) is 3.44. The van der Waals surface area contributed by atoms with Gasteiger partial charge in [0.05, 0.1) is 19.4 Å². The summed E-state index contributed by atoms with van der Waals surface area (Å²) < 4.78 is 36.6. The van der Waals surface area contributed by atoms with Crippen LogP contribution < -0.4 is 0 Å². The maximum Gasteiger partial charge on any atom is 0.319 e. The first-order valence-corrected chi connectivity index (χ1v) is 6.48. The van der Waals surface area contributed by atoms with Crippen LogP contribution in [0.5, 0.6) is 0 Å². The van der Waals surface area contributed by atoms with Crippen molar-refractivity contribution in [3.8, 4) is 11.6 Å². The van der Waals surface area contributed by atoms with Crippen molar-refractivity contribution in [2.45, 2.75) is 19.6 Å². The Balaban J connectivity index is 1.64. The van der Waals surface area contributed by atoms with E-state index in [1.807, 2.05) is 0 Å². The van der Waals surface area contributed by atoms with Crippen molar-refractivity contribution in [2.24, 2.45) is 0 Å². The molecule has 9 heteroatoms. The molecule has 0 fully saturated rings. The Hall–Kier alpha value is -2.55. The molecule has 0 aromatic carbocycles. The zero-order valence-electron chi connectivity index (χ0n) is 11.7. The number of hydrogen-bond acceptors (Lipinski definition) is 6. The second-order valence-corrected chi connectivity index (χ2v) is 4.69. The monoisotopic (exact) mass is 309 g/mol. The number of furan rings is 1. The summed E-state index contributed by atoms with van der Waals surface area (Å²) in [5, 5.41) is 3.81. The number of rotatable bonds is 6. The van der Waals surface area contributed by atoms with E-state index < -0.39 is 6.55 Å². The number of halogens is 2. The summed E-state index contributed by atoms with van der Waals surface area (Å²) in [5.74, 6) is 1.49. The number of hydrogen-bond donors (Lipinski definition) is 0. The third-order valence-corrected chi connectivity index (χ3v) is 2.99. The van der Waals surface area contributed by atoms with E-state index in [2.05, 4.69) is 15.1 Å². The van der Waals surface area contributed by atoms with Gasteiger partial charge < -0.3 is 8.94 Å². The van der Waals surface area contributed by atoms with Gasteiger partial charge in [0, 0.05) is 12.4 Å². The largest absolute Gasteiger partial charge is 0.461 e. The van der Waals surface area contributed by atoms with Crippen molar-refractivity contribution in [2.75, 3.05) is 7.05 Å². The summed E-state index contributed by atoms with van der Waals surface area (Å²) in [6.07, 6.45) is 4.11. The van der Waals surface area contributed by atoms with Gasteiger partial charge in [-0.1, -0.05) is 5.16 Å². The van der Waals surface area contributed by atoms with Crippen molar-refractivity contribution in [3.05, 3.63) is 42.5 Å². The fourth-order valence-corrected chi connectivity index (χ4v) is 2.00. The Bertz CT molecular complexity index is 722. The standard InChI is InChI=1S/C13H13F2N5O2/c1-19(7-10-16-4-5-20(10)13(14)15)8-11-17-12(18-22-11)9-3-2-6-21-9/h2-6,13H,7-8H2,1H3. The van der Waals surface area contributed by atoms with Gasteiger partial charge in [0.1, 0.15) is 5.82 Å². The summed E-state index contributed by atoms with van der Waals surface area (Å²) in [6.45, 7) is -2.07. The van der Waals surface area contributed by atoms with Gasteiger partial charge in [-0.05, 0) is 19.2 Å². The van der Waals surface area contributed by atoms with Crippen molar-refractivity contribution < 1.29 is 17.7 Å². The average Bonchev–Trinajstić information content (AvgIpc) is 3.18. The summed E-state index contributed by atoms with van der Waals surface area (Å²) in [5.41, 5.74) is 0. The predicted octanol–water partition coefficient (Wildman–Crippen LogP) is 2.55. The Morgan fingerprint density at radius 3 is 2.95 bits per heavy atom. The normalized spacial score (nSPS) is 11.7. The van der Waals surface area contributed by atoms with E-state index in [0.717, 1.165) is 4.57 Å². The smallest absolute Gasteiger partial charge is 0.319 e. The molecule has 0 amide bonds. The summed E-state index contributed by atoms with van der Waals surface area (Å²) in [4.78, 5) is 9.87. The van der Waals surface area contributed by atoms with Gasteiger partial charge in [-0.3, -0.25) is 9.47 Å². The molecule has 0 atom stereocenters. The highest BCUT2D eigenvalue weighted by Gasteiger charge is 2.16. The molecule has 0 aliphatic carbocycles. The Labute approximate surface area is 124 Å². The lowest BCUT2D eigenvalue weighted by Crippen LogP contribution is -2.20. The third-order valence-electron chi connectivity index (χ3n) is 2.99. The van der Waals surface area contributed by atoms with E-state index >= 15 is 0 Å². The lowest BCUT2D eigenvalue weighted by Gasteiger charge is -2.14. The van der Waals surface area contributed by atoms with E-state index in [4.69, 9.17) is 8.94 Å². The van der Waals surface area contributed by atoms with Crippen LogP contribution >= 0.6 is 0 Å². The molecular formula is C13H13F2N5O2. The molecule has 3 aromatic rings. The van der Waals surface area contributed by atoms with E-state index in [0.29, 0.717) is 24.0 Å². The second-order valence-electron chi connectivity index (χ2n) is 4.69. The first-order chi connectivity index (χ1) is 10.6. The molecule has 0 bridgehead atoms. The Kier molecular flexibility index (Phi) is 3.96.